The van der Waals surface area contributed by atoms with E-state index in [0.717, 1.165) is 49.3 Å². The van der Waals surface area contributed by atoms with Crippen LogP contribution in [-0.2, 0) is 4.74 Å². The number of ether oxygens (including phenoxy) is 1. The fraction of sp³-hybridized carbons (Fsp3) is 0.647. The van der Waals surface area contributed by atoms with Gasteiger partial charge in [-0.2, -0.15) is 0 Å². The third-order valence-corrected chi connectivity index (χ3v) is 5.11. The Bertz CT molecular complexity index is 460. The van der Waals surface area contributed by atoms with Crippen molar-refractivity contribution in [2.45, 2.75) is 57.1 Å². The SMILES string of the molecule is CCCNC(C)c1cc(F)c(C)cc1SCC1CCCO1. The highest BCUT2D eigenvalue weighted by molar-refractivity contribution is 7.99. The van der Waals surface area contributed by atoms with E-state index in [1.807, 2.05) is 13.0 Å². The molecule has 1 aromatic carbocycles. The Kier molecular flexibility index (Phi) is 6.52. The number of hydrogen-bond acceptors (Lipinski definition) is 3. The summed E-state index contributed by atoms with van der Waals surface area (Å²) in [5.74, 6) is 0.843. The summed E-state index contributed by atoms with van der Waals surface area (Å²) < 4.78 is 19.6. The second-order valence-corrected chi connectivity index (χ2v) is 6.82. The standard InChI is InChI=1S/C17H26FNOS/c1-4-7-19-13(3)15-10-16(18)12(2)9-17(15)21-11-14-6-5-8-20-14/h9-10,13-14,19H,4-8,11H2,1-3H3. The van der Waals surface area contributed by atoms with E-state index in [0.29, 0.717) is 6.10 Å². The molecule has 0 amide bonds. The highest BCUT2D eigenvalue weighted by Gasteiger charge is 2.18. The van der Waals surface area contributed by atoms with Crippen molar-refractivity contribution in [3.63, 3.8) is 0 Å². The van der Waals surface area contributed by atoms with Gasteiger partial charge in [-0.05, 0) is 62.9 Å². The summed E-state index contributed by atoms with van der Waals surface area (Å²) in [5, 5.41) is 3.45. The summed E-state index contributed by atoms with van der Waals surface area (Å²) in [5.41, 5.74) is 1.78. The minimum absolute atomic E-state index is 0.114. The van der Waals surface area contributed by atoms with Crippen molar-refractivity contribution in [1.82, 2.24) is 5.32 Å². The molecule has 1 aliphatic rings. The zero-order valence-electron chi connectivity index (χ0n) is 13.2. The molecule has 0 aliphatic carbocycles. The van der Waals surface area contributed by atoms with E-state index in [2.05, 4.69) is 19.2 Å². The van der Waals surface area contributed by atoms with Gasteiger partial charge in [0.25, 0.3) is 0 Å². The Hall–Kier alpha value is -0.580. The van der Waals surface area contributed by atoms with E-state index in [4.69, 9.17) is 4.74 Å². The highest BCUT2D eigenvalue weighted by atomic mass is 32.2. The van der Waals surface area contributed by atoms with E-state index in [1.54, 1.807) is 17.8 Å². The molecule has 1 aliphatic heterocycles. The van der Waals surface area contributed by atoms with Gasteiger partial charge in [0.2, 0.25) is 0 Å². The normalized spacial score (nSPS) is 19.9. The lowest BCUT2D eigenvalue weighted by molar-refractivity contribution is 0.129. The van der Waals surface area contributed by atoms with Gasteiger partial charge in [-0.15, -0.1) is 11.8 Å². The Labute approximate surface area is 131 Å². The summed E-state index contributed by atoms with van der Waals surface area (Å²) in [4.78, 5) is 1.18. The second kappa shape index (κ2) is 8.16. The number of nitrogens with one attached hydrogen (secondary N) is 1. The summed E-state index contributed by atoms with van der Waals surface area (Å²) in [6, 6.07) is 3.85. The van der Waals surface area contributed by atoms with Gasteiger partial charge >= 0.3 is 0 Å². The van der Waals surface area contributed by atoms with Gasteiger partial charge < -0.3 is 10.1 Å². The molecule has 1 aromatic rings. The molecule has 1 heterocycles. The van der Waals surface area contributed by atoms with Gasteiger partial charge in [-0.1, -0.05) is 6.92 Å². The molecule has 4 heteroatoms. The van der Waals surface area contributed by atoms with Crippen LogP contribution in [0, 0.1) is 12.7 Å². The number of benzene rings is 1. The predicted octanol–water partition coefficient (Wildman–Crippen LogP) is 4.47. The fourth-order valence-electron chi connectivity index (χ4n) is 2.56. The summed E-state index contributed by atoms with van der Waals surface area (Å²) >= 11 is 1.80. The van der Waals surface area contributed by atoms with Gasteiger partial charge in [0.05, 0.1) is 6.10 Å². The average Bonchev–Trinajstić information content (AvgIpc) is 2.98. The maximum atomic E-state index is 13.9. The molecule has 0 radical (unpaired) electrons. The molecule has 2 atom stereocenters. The average molecular weight is 311 g/mol. The maximum Gasteiger partial charge on any atom is 0.126 e. The Balaban J connectivity index is 2.10. The number of aryl methyl sites for hydroxylation is 1. The fourth-order valence-corrected chi connectivity index (χ4v) is 3.85. The molecule has 2 rings (SSSR count). The first-order valence-corrected chi connectivity index (χ1v) is 8.88. The van der Waals surface area contributed by atoms with Crippen LogP contribution in [0.4, 0.5) is 4.39 Å². The first-order valence-electron chi connectivity index (χ1n) is 7.89. The molecule has 0 bridgehead atoms. The van der Waals surface area contributed by atoms with Crippen molar-refractivity contribution in [3.8, 4) is 0 Å². The third kappa shape index (κ3) is 4.70. The second-order valence-electron chi connectivity index (χ2n) is 5.76. The molecule has 1 N–H and O–H groups in total. The molecule has 1 saturated heterocycles. The molecule has 2 nitrogen and oxygen atoms in total. The van der Waals surface area contributed by atoms with Gasteiger partial charge in [-0.25, -0.2) is 4.39 Å². The Morgan fingerprint density at radius 2 is 2.29 bits per heavy atom. The number of rotatable bonds is 7. The van der Waals surface area contributed by atoms with Crippen molar-refractivity contribution in [3.05, 3.63) is 29.1 Å². The van der Waals surface area contributed by atoms with E-state index in [1.165, 1.54) is 4.90 Å². The van der Waals surface area contributed by atoms with Gasteiger partial charge in [0.15, 0.2) is 0 Å². The Morgan fingerprint density at radius 3 is 2.95 bits per heavy atom. The van der Waals surface area contributed by atoms with E-state index >= 15 is 0 Å². The minimum atomic E-state index is -0.114. The smallest absolute Gasteiger partial charge is 0.126 e. The summed E-state index contributed by atoms with van der Waals surface area (Å²) in [6.45, 7) is 7.92. The van der Waals surface area contributed by atoms with Crippen molar-refractivity contribution in [2.75, 3.05) is 18.9 Å². The van der Waals surface area contributed by atoms with Crippen molar-refractivity contribution in [1.29, 1.82) is 0 Å². The largest absolute Gasteiger partial charge is 0.377 e. The van der Waals surface area contributed by atoms with Crippen LogP contribution in [0.1, 0.15) is 50.3 Å². The van der Waals surface area contributed by atoms with E-state index < -0.39 is 0 Å². The quantitative estimate of drug-likeness (QED) is 0.751. The van der Waals surface area contributed by atoms with Crippen LogP contribution in [-0.4, -0.2) is 25.0 Å². The lowest BCUT2D eigenvalue weighted by Gasteiger charge is -2.19. The third-order valence-electron chi connectivity index (χ3n) is 3.91. The highest BCUT2D eigenvalue weighted by Crippen LogP contribution is 2.32. The topological polar surface area (TPSA) is 21.3 Å². The zero-order valence-corrected chi connectivity index (χ0v) is 14.1. The van der Waals surface area contributed by atoms with Crippen molar-refractivity contribution in [2.24, 2.45) is 0 Å². The first kappa shape index (κ1) is 16.8. The molecule has 0 saturated carbocycles. The maximum absolute atomic E-state index is 13.9. The number of thioether (sulfide) groups is 1. The van der Waals surface area contributed by atoms with E-state index in [-0.39, 0.29) is 11.9 Å². The Morgan fingerprint density at radius 1 is 1.48 bits per heavy atom. The molecule has 21 heavy (non-hydrogen) atoms. The van der Waals surface area contributed by atoms with Crippen LogP contribution in [0.15, 0.2) is 17.0 Å². The minimum Gasteiger partial charge on any atom is -0.377 e. The predicted molar refractivity (Wildman–Crippen MR) is 87.5 cm³/mol. The molecule has 2 unspecified atom stereocenters. The van der Waals surface area contributed by atoms with Gasteiger partial charge in [0.1, 0.15) is 5.82 Å². The summed E-state index contributed by atoms with van der Waals surface area (Å²) in [7, 11) is 0. The molecule has 0 spiro atoms. The van der Waals surface area contributed by atoms with Crippen LogP contribution in [0.25, 0.3) is 0 Å². The van der Waals surface area contributed by atoms with Gasteiger partial charge in [-0.3, -0.25) is 0 Å². The van der Waals surface area contributed by atoms with Crippen molar-refractivity contribution < 1.29 is 9.13 Å². The molecular formula is C17H26FNOS. The van der Waals surface area contributed by atoms with Crippen LogP contribution in [0.2, 0.25) is 0 Å². The van der Waals surface area contributed by atoms with Crippen LogP contribution in [0.3, 0.4) is 0 Å². The first-order chi connectivity index (χ1) is 10.1. The lowest BCUT2D eigenvalue weighted by atomic mass is 10.1. The monoisotopic (exact) mass is 311 g/mol. The molecule has 1 fully saturated rings. The van der Waals surface area contributed by atoms with Crippen LogP contribution >= 0.6 is 11.8 Å². The molecule has 118 valence electrons. The van der Waals surface area contributed by atoms with Crippen molar-refractivity contribution >= 4 is 11.8 Å². The lowest BCUT2D eigenvalue weighted by Crippen LogP contribution is -2.20. The molecular weight excluding hydrogens is 285 g/mol. The zero-order chi connectivity index (χ0) is 15.2. The van der Waals surface area contributed by atoms with Gasteiger partial charge in [0, 0.05) is 23.3 Å². The van der Waals surface area contributed by atoms with Crippen LogP contribution in [0.5, 0.6) is 0 Å². The molecule has 0 aromatic heterocycles. The van der Waals surface area contributed by atoms with E-state index in [9.17, 15) is 4.39 Å². The van der Waals surface area contributed by atoms with Crippen LogP contribution < -0.4 is 5.32 Å². The number of halogens is 1. The number of hydrogen-bond donors (Lipinski definition) is 1. The summed E-state index contributed by atoms with van der Waals surface area (Å²) in [6.07, 6.45) is 3.74.